The van der Waals surface area contributed by atoms with E-state index in [1.165, 1.54) is 0 Å². The molecule has 3 N–H and O–H groups in total. The molecule has 1 aromatic rings. The zero-order valence-corrected chi connectivity index (χ0v) is 12.6. The topological polar surface area (TPSA) is 64.3 Å². The highest BCUT2D eigenvalue weighted by Crippen LogP contribution is 2.19. The Kier molecular flexibility index (Phi) is 6.99. The monoisotopic (exact) mass is 298 g/mol. The van der Waals surface area contributed by atoms with Crippen LogP contribution in [0.3, 0.4) is 0 Å². The SMILES string of the molecule is CC(C(=O)NC1CCCOC1)C(N)c1ccccc1.Cl. The Balaban J connectivity index is 0.00000200. The van der Waals surface area contributed by atoms with Crippen molar-refractivity contribution < 1.29 is 9.53 Å². The van der Waals surface area contributed by atoms with Gasteiger partial charge in [-0.15, -0.1) is 12.4 Å². The van der Waals surface area contributed by atoms with E-state index in [1.807, 2.05) is 37.3 Å². The summed E-state index contributed by atoms with van der Waals surface area (Å²) in [5.41, 5.74) is 7.14. The predicted molar refractivity (Wildman–Crippen MR) is 81.8 cm³/mol. The minimum atomic E-state index is -0.272. The molecule has 3 unspecified atom stereocenters. The summed E-state index contributed by atoms with van der Waals surface area (Å²) >= 11 is 0. The molecular formula is C15H23ClN2O2. The van der Waals surface area contributed by atoms with Gasteiger partial charge in [0.25, 0.3) is 0 Å². The number of halogens is 1. The zero-order valence-electron chi connectivity index (χ0n) is 11.7. The third kappa shape index (κ3) is 4.47. The summed E-state index contributed by atoms with van der Waals surface area (Å²) < 4.78 is 5.36. The third-order valence-corrected chi connectivity index (χ3v) is 3.64. The average Bonchev–Trinajstić information content (AvgIpc) is 2.47. The zero-order chi connectivity index (χ0) is 13.7. The number of benzene rings is 1. The van der Waals surface area contributed by atoms with E-state index in [9.17, 15) is 4.79 Å². The van der Waals surface area contributed by atoms with Gasteiger partial charge in [0.15, 0.2) is 0 Å². The van der Waals surface area contributed by atoms with E-state index in [0.717, 1.165) is 25.0 Å². The van der Waals surface area contributed by atoms with Gasteiger partial charge in [-0.2, -0.15) is 0 Å². The Morgan fingerprint density at radius 2 is 2.10 bits per heavy atom. The van der Waals surface area contributed by atoms with Crippen LogP contribution in [0.1, 0.15) is 31.4 Å². The second-order valence-electron chi connectivity index (χ2n) is 5.15. The largest absolute Gasteiger partial charge is 0.379 e. The van der Waals surface area contributed by atoms with Gasteiger partial charge in [0.05, 0.1) is 18.6 Å². The highest BCUT2D eigenvalue weighted by Gasteiger charge is 2.25. The van der Waals surface area contributed by atoms with Crippen LogP contribution in [0.15, 0.2) is 30.3 Å². The number of nitrogens with two attached hydrogens (primary N) is 1. The summed E-state index contributed by atoms with van der Waals surface area (Å²) in [6.45, 7) is 3.28. The fourth-order valence-electron chi connectivity index (χ4n) is 2.31. The van der Waals surface area contributed by atoms with Gasteiger partial charge >= 0.3 is 0 Å². The molecule has 1 saturated heterocycles. The molecule has 0 bridgehead atoms. The van der Waals surface area contributed by atoms with Gasteiger partial charge in [0.1, 0.15) is 0 Å². The molecule has 0 spiro atoms. The van der Waals surface area contributed by atoms with Crippen molar-refractivity contribution in [3.63, 3.8) is 0 Å². The van der Waals surface area contributed by atoms with Crippen molar-refractivity contribution in [1.29, 1.82) is 0 Å². The second kappa shape index (κ2) is 8.25. The van der Waals surface area contributed by atoms with Crippen molar-refractivity contribution in [2.75, 3.05) is 13.2 Å². The Labute approximate surface area is 126 Å². The molecule has 5 heteroatoms. The van der Waals surface area contributed by atoms with Crippen molar-refractivity contribution >= 4 is 18.3 Å². The van der Waals surface area contributed by atoms with Gasteiger partial charge in [-0.3, -0.25) is 4.79 Å². The number of ether oxygens (including phenoxy) is 1. The quantitative estimate of drug-likeness (QED) is 0.894. The highest BCUT2D eigenvalue weighted by atomic mass is 35.5. The van der Waals surface area contributed by atoms with Gasteiger partial charge in [-0.1, -0.05) is 37.3 Å². The highest BCUT2D eigenvalue weighted by molar-refractivity contribution is 5.85. The standard InChI is InChI=1S/C15H22N2O2.ClH/c1-11(14(16)12-6-3-2-4-7-12)15(18)17-13-8-5-9-19-10-13;/h2-4,6-7,11,13-14H,5,8-10,16H2,1H3,(H,17,18);1H. The Morgan fingerprint density at radius 3 is 2.70 bits per heavy atom. The molecular weight excluding hydrogens is 276 g/mol. The van der Waals surface area contributed by atoms with Crippen LogP contribution in [0.4, 0.5) is 0 Å². The van der Waals surface area contributed by atoms with Crippen LogP contribution < -0.4 is 11.1 Å². The van der Waals surface area contributed by atoms with Gasteiger partial charge in [0, 0.05) is 12.6 Å². The Morgan fingerprint density at radius 1 is 1.40 bits per heavy atom. The van der Waals surface area contributed by atoms with Gasteiger partial charge in [0.2, 0.25) is 5.91 Å². The summed E-state index contributed by atoms with van der Waals surface area (Å²) in [6, 6.07) is 9.60. The van der Waals surface area contributed by atoms with Crippen molar-refractivity contribution in [3.8, 4) is 0 Å². The molecule has 0 saturated carbocycles. The molecule has 1 aromatic carbocycles. The lowest BCUT2D eigenvalue weighted by Gasteiger charge is -2.26. The summed E-state index contributed by atoms with van der Waals surface area (Å²) in [6.07, 6.45) is 1.99. The second-order valence-corrected chi connectivity index (χ2v) is 5.15. The molecule has 0 aliphatic carbocycles. The molecule has 3 atom stereocenters. The smallest absolute Gasteiger partial charge is 0.225 e. The lowest BCUT2D eigenvalue weighted by Crippen LogP contribution is -2.45. The van der Waals surface area contributed by atoms with E-state index >= 15 is 0 Å². The molecule has 1 amide bonds. The first-order chi connectivity index (χ1) is 9.18. The lowest BCUT2D eigenvalue weighted by molar-refractivity contribution is -0.126. The fourth-order valence-corrected chi connectivity index (χ4v) is 2.31. The Bertz CT molecular complexity index is 408. The van der Waals surface area contributed by atoms with Gasteiger partial charge in [-0.25, -0.2) is 0 Å². The van der Waals surface area contributed by atoms with Crippen LogP contribution >= 0.6 is 12.4 Å². The number of nitrogens with one attached hydrogen (secondary N) is 1. The van der Waals surface area contributed by atoms with Crippen LogP contribution in [-0.4, -0.2) is 25.2 Å². The molecule has 0 radical (unpaired) electrons. The molecule has 4 nitrogen and oxygen atoms in total. The van der Waals surface area contributed by atoms with Crippen molar-refractivity contribution in [1.82, 2.24) is 5.32 Å². The molecule has 20 heavy (non-hydrogen) atoms. The first-order valence-corrected chi connectivity index (χ1v) is 6.87. The maximum absolute atomic E-state index is 12.2. The lowest BCUT2D eigenvalue weighted by atomic mass is 9.94. The number of carbonyl (C=O) groups is 1. The number of rotatable bonds is 4. The van der Waals surface area contributed by atoms with Crippen molar-refractivity contribution in [3.05, 3.63) is 35.9 Å². The number of hydrogen-bond donors (Lipinski definition) is 2. The molecule has 0 aromatic heterocycles. The van der Waals surface area contributed by atoms with Crippen LogP contribution in [0.25, 0.3) is 0 Å². The summed E-state index contributed by atoms with van der Waals surface area (Å²) in [7, 11) is 0. The first kappa shape index (κ1) is 17.0. The maximum Gasteiger partial charge on any atom is 0.225 e. The van der Waals surface area contributed by atoms with E-state index in [-0.39, 0.29) is 36.3 Å². The number of hydrogen-bond acceptors (Lipinski definition) is 3. The molecule has 1 aliphatic heterocycles. The summed E-state index contributed by atoms with van der Waals surface area (Å²) in [4.78, 5) is 12.2. The van der Waals surface area contributed by atoms with Crippen LogP contribution in [0.2, 0.25) is 0 Å². The molecule has 112 valence electrons. The minimum absolute atomic E-state index is 0. The van der Waals surface area contributed by atoms with E-state index < -0.39 is 0 Å². The van der Waals surface area contributed by atoms with Crippen LogP contribution in [0.5, 0.6) is 0 Å². The van der Waals surface area contributed by atoms with Gasteiger partial charge < -0.3 is 15.8 Å². The molecule has 1 aliphatic rings. The summed E-state index contributed by atoms with van der Waals surface area (Å²) in [5, 5.41) is 3.03. The maximum atomic E-state index is 12.2. The van der Waals surface area contributed by atoms with Gasteiger partial charge in [-0.05, 0) is 18.4 Å². The number of amides is 1. The van der Waals surface area contributed by atoms with E-state index in [1.54, 1.807) is 0 Å². The fraction of sp³-hybridized carbons (Fsp3) is 0.533. The third-order valence-electron chi connectivity index (χ3n) is 3.64. The van der Waals surface area contributed by atoms with E-state index in [4.69, 9.17) is 10.5 Å². The first-order valence-electron chi connectivity index (χ1n) is 6.87. The van der Waals surface area contributed by atoms with E-state index in [2.05, 4.69) is 5.32 Å². The van der Waals surface area contributed by atoms with Crippen LogP contribution in [-0.2, 0) is 9.53 Å². The average molecular weight is 299 g/mol. The molecule has 1 fully saturated rings. The van der Waals surface area contributed by atoms with E-state index in [0.29, 0.717) is 6.61 Å². The van der Waals surface area contributed by atoms with Crippen molar-refractivity contribution in [2.24, 2.45) is 11.7 Å². The molecule has 1 heterocycles. The molecule has 2 rings (SSSR count). The summed E-state index contributed by atoms with van der Waals surface area (Å²) in [5.74, 6) is -0.240. The van der Waals surface area contributed by atoms with Crippen molar-refractivity contribution in [2.45, 2.75) is 31.8 Å². The Hall–Kier alpha value is -1.10. The minimum Gasteiger partial charge on any atom is -0.379 e. The predicted octanol–water partition coefficient (Wildman–Crippen LogP) is 2.04. The number of carbonyl (C=O) groups excluding carboxylic acids is 1. The van der Waals surface area contributed by atoms with Crippen LogP contribution in [0, 0.1) is 5.92 Å². The normalized spacial score (nSPS) is 21.4.